The van der Waals surface area contributed by atoms with Gasteiger partial charge in [0.2, 0.25) is 0 Å². The van der Waals surface area contributed by atoms with Crippen LogP contribution >= 0.6 is 0 Å². The van der Waals surface area contributed by atoms with Crippen molar-refractivity contribution < 1.29 is 57.1 Å². The number of carbonyl (C=O) groups excluding carboxylic acids is 4. The van der Waals surface area contributed by atoms with Crippen LogP contribution in [0.5, 0.6) is 0 Å². The van der Waals surface area contributed by atoms with Crippen molar-refractivity contribution in [3.8, 4) is 0 Å². The zero-order valence-corrected chi connectivity index (χ0v) is 22.5. The monoisotopic (exact) mass is 550 g/mol. The van der Waals surface area contributed by atoms with Crippen molar-refractivity contribution in [1.29, 1.82) is 0 Å². The van der Waals surface area contributed by atoms with Crippen LogP contribution in [0.1, 0.15) is 13.8 Å². The van der Waals surface area contributed by atoms with Crippen molar-refractivity contribution in [3.05, 3.63) is 0 Å². The normalized spacial score (nSPS) is 17.9. The van der Waals surface area contributed by atoms with Crippen molar-refractivity contribution in [2.24, 2.45) is 0 Å². The molecule has 1 aliphatic rings. The Bertz CT molecular complexity index is 603. The van der Waals surface area contributed by atoms with Gasteiger partial charge in [0, 0.05) is 26.2 Å². The van der Waals surface area contributed by atoms with Gasteiger partial charge < -0.3 is 37.9 Å². The summed E-state index contributed by atoms with van der Waals surface area (Å²) in [5.74, 6) is -2.27. The highest BCUT2D eigenvalue weighted by molar-refractivity contribution is 5.78. The highest BCUT2D eigenvalue weighted by Gasteiger charge is 2.16. The van der Waals surface area contributed by atoms with E-state index in [0.717, 1.165) is 0 Å². The maximum atomic E-state index is 12.1. The third-order valence-electron chi connectivity index (χ3n) is 4.97. The molecule has 0 N–H and O–H groups in total. The van der Waals surface area contributed by atoms with Crippen LogP contribution < -0.4 is 0 Å². The van der Waals surface area contributed by atoms with E-state index in [0.29, 0.717) is 79.0 Å². The molecule has 0 amide bonds. The maximum absolute atomic E-state index is 12.1. The van der Waals surface area contributed by atoms with Crippen LogP contribution in [-0.4, -0.2) is 152 Å². The molecule has 0 bridgehead atoms. The van der Waals surface area contributed by atoms with Gasteiger partial charge in [0.1, 0.15) is 0 Å². The molecule has 0 unspecified atom stereocenters. The van der Waals surface area contributed by atoms with Crippen LogP contribution in [-0.2, 0) is 57.1 Å². The molecule has 14 heteroatoms. The van der Waals surface area contributed by atoms with Crippen LogP contribution in [0.3, 0.4) is 0 Å². The van der Waals surface area contributed by atoms with Crippen molar-refractivity contribution >= 4 is 23.9 Å². The summed E-state index contributed by atoms with van der Waals surface area (Å²) in [4.78, 5) is 50.6. The minimum atomic E-state index is -0.593. The van der Waals surface area contributed by atoms with E-state index in [-0.39, 0.29) is 26.3 Å². The number of nitrogens with zero attached hydrogens (tertiary/aromatic N) is 2. The predicted molar refractivity (Wildman–Crippen MR) is 131 cm³/mol. The Morgan fingerprint density at radius 1 is 0.500 bits per heavy atom. The summed E-state index contributed by atoms with van der Waals surface area (Å²) in [5.41, 5.74) is 0. The molecule has 1 aliphatic heterocycles. The Balaban J connectivity index is 2.43. The molecular weight excluding hydrogens is 508 g/mol. The molecule has 0 aromatic heterocycles. The van der Waals surface area contributed by atoms with Gasteiger partial charge in [-0.25, -0.2) is 9.59 Å². The molecule has 1 heterocycles. The summed E-state index contributed by atoms with van der Waals surface area (Å²) in [6.45, 7) is 7.55. The van der Waals surface area contributed by atoms with Gasteiger partial charge in [-0.15, -0.1) is 0 Å². The van der Waals surface area contributed by atoms with Crippen LogP contribution in [0.15, 0.2) is 0 Å². The number of carbonyl (C=O) groups is 4. The van der Waals surface area contributed by atoms with Gasteiger partial charge in [0.15, 0.2) is 13.2 Å². The molecule has 220 valence electrons. The predicted octanol–water partition coefficient (Wildman–Crippen LogP) is -1.12. The summed E-state index contributed by atoms with van der Waals surface area (Å²) in [5, 5.41) is 0. The van der Waals surface area contributed by atoms with Crippen molar-refractivity contribution in [2.75, 3.05) is 119 Å². The minimum Gasteiger partial charge on any atom is -0.463 e. The van der Waals surface area contributed by atoms with Crippen LogP contribution in [0.25, 0.3) is 0 Å². The topological polar surface area (TPSA) is 149 Å². The molecule has 0 radical (unpaired) electrons. The van der Waals surface area contributed by atoms with Gasteiger partial charge in [-0.05, 0) is 13.8 Å². The average molecular weight is 551 g/mol. The second kappa shape index (κ2) is 22.6. The van der Waals surface area contributed by atoms with Crippen LogP contribution in [0.4, 0.5) is 0 Å². The Labute approximate surface area is 223 Å². The summed E-state index contributed by atoms with van der Waals surface area (Å²) in [6, 6.07) is 0. The molecule has 0 spiro atoms. The van der Waals surface area contributed by atoms with E-state index in [9.17, 15) is 19.2 Å². The first-order chi connectivity index (χ1) is 18.4. The van der Waals surface area contributed by atoms with Gasteiger partial charge in [-0.1, -0.05) is 0 Å². The van der Waals surface area contributed by atoms with Crippen molar-refractivity contribution in [2.45, 2.75) is 13.8 Å². The molecule has 0 saturated carbocycles. The van der Waals surface area contributed by atoms with E-state index >= 15 is 0 Å². The molecule has 14 nitrogen and oxygen atoms in total. The number of hydrogen-bond donors (Lipinski definition) is 0. The Kier molecular flexibility index (Phi) is 20.0. The second-order valence-electron chi connectivity index (χ2n) is 7.93. The molecule has 1 fully saturated rings. The Morgan fingerprint density at radius 3 is 1.11 bits per heavy atom. The number of ether oxygens (including phenoxy) is 8. The Morgan fingerprint density at radius 2 is 0.816 bits per heavy atom. The Hall–Kier alpha value is -2.36. The fourth-order valence-electron chi connectivity index (χ4n) is 3.10. The fourth-order valence-corrected chi connectivity index (χ4v) is 3.10. The zero-order chi connectivity index (χ0) is 27.8. The standard InChI is InChI=1S/C24H42N2O12/c1-3-35-23(29)19-37-21(27)17-25-5-9-31-13-15-33-11-7-26(8-12-34-16-14-32-10-6-25)18-22(28)38-20-24(30)36-4-2/h3-20H2,1-2H3. The number of rotatable bonds is 10. The smallest absolute Gasteiger partial charge is 0.344 e. The zero-order valence-electron chi connectivity index (χ0n) is 22.5. The first-order valence-electron chi connectivity index (χ1n) is 12.8. The lowest BCUT2D eigenvalue weighted by Crippen LogP contribution is -2.38. The van der Waals surface area contributed by atoms with Gasteiger partial charge in [-0.2, -0.15) is 0 Å². The molecule has 38 heavy (non-hydrogen) atoms. The van der Waals surface area contributed by atoms with Gasteiger partial charge in [-0.3, -0.25) is 19.4 Å². The lowest BCUT2D eigenvalue weighted by molar-refractivity contribution is -0.159. The van der Waals surface area contributed by atoms with Crippen LogP contribution in [0.2, 0.25) is 0 Å². The highest BCUT2D eigenvalue weighted by Crippen LogP contribution is 1.97. The first-order valence-corrected chi connectivity index (χ1v) is 12.8. The molecule has 0 atom stereocenters. The first kappa shape index (κ1) is 33.7. The number of esters is 4. The van der Waals surface area contributed by atoms with E-state index in [1.807, 2.05) is 9.80 Å². The summed E-state index contributed by atoms with van der Waals surface area (Å²) < 4.78 is 41.8. The summed E-state index contributed by atoms with van der Waals surface area (Å²) >= 11 is 0. The van der Waals surface area contributed by atoms with Gasteiger partial charge in [0.05, 0.1) is 79.2 Å². The van der Waals surface area contributed by atoms with Crippen molar-refractivity contribution in [3.63, 3.8) is 0 Å². The molecule has 1 saturated heterocycles. The fraction of sp³-hybridized carbons (Fsp3) is 0.833. The number of hydrogen-bond acceptors (Lipinski definition) is 14. The molecule has 1 rings (SSSR count). The molecule has 0 aromatic carbocycles. The van der Waals surface area contributed by atoms with E-state index in [1.165, 1.54) is 0 Å². The van der Waals surface area contributed by atoms with E-state index in [2.05, 4.69) is 0 Å². The summed E-state index contributed by atoms with van der Waals surface area (Å²) in [6.07, 6.45) is 0. The minimum absolute atomic E-state index is 0.0167. The molecule has 0 aromatic rings. The van der Waals surface area contributed by atoms with Crippen molar-refractivity contribution in [1.82, 2.24) is 9.80 Å². The SMILES string of the molecule is CCOC(=O)COC(=O)CN1CCOCCOCCN(CC(=O)OCC(=O)OCC)CCOCCOCC1. The third kappa shape index (κ3) is 18.8. The molecule has 0 aliphatic carbocycles. The van der Waals surface area contributed by atoms with Gasteiger partial charge >= 0.3 is 23.9 Å². The third-order valence-corrected chi connectivity index (χ3v) is 4.97. The highest BCUT2D eigenvalue weighted by atomic mass is 16.6. The van der Waals surface area contributed by atoms with Gasteiger partial charge in [0.25, 0.3) is 0 Å². The lowest BCUT2D eigenvalue weighted by atomic mass is 10.4. The molecular formula is C24H42N2O12. The summed E-state index contributed by atoms with van der Waals surface area (Å²) in [7, 11) is 0. The maximum Gasteiger partial charge on any atom is 0.344 e. The largest absolute Gasteiger partial charge is 0.463 e. The quantitative estimate of drug-likeness (QED) is 0.239. The lowest BCUT2D eigenvalue weighted by Gasteiger charge is -2.22. The van der Waals surface area contributed by atoms with E-state index < -0.39 is 37.1 Å². The van der Waals surface area contributed by atoms with E-state index in [1.54, 1.807) is 13.8 Å². The second-order valence-corrected chi connectivity index (χ2v) is 7.93. The average Bonchev–Trinajstić information content (AvgIpc) is 2.88. The van der Waals surface area contributed by atoms with Crippen LogP contribution in [0, 0.1) is 0 Å². The van der Waals surface area contributed by atoms with E-state index in [4.69, 9.17) is 37.9 Å².